The number of aromatic nitrogens is 2. The van der Waals surface area contributed by atoms with Crippen molar-refractivity contribution in [3.63, 3.8) is 0 Å². The van der Waals surface area contributed by atoms with E-state index in [-0.39, 0.29) is 0 Å². The molecule has 1 aliphatic rings. The van der Waals surface area contributed by atoms with Crippen molar-refractivity contribution in [2.24, 2.45) is 0 Å². The van der Waals surface area contributed by atoms with Crippen molar-refractivity contribution in [3.8, 4) is 44.9 Å². The summed E-state index contributed by atoms with van der Waals surface area (Å²) in [6, 6.07) is 62.7. The number of fused-ring (bicyclic) bond motifs is 4. The molecule has 1 aliphatic heterocycles. The molecule has 0 atom stereocenters. The average Bonchev–Trinajstić information content (AvgIpc) is 3.18. The molecule has 0 N–H and O–H groups in total. The molecule has 2 heterocycles. The summed E-state index contributed by atoms with van der Waals surface area (Å²) < 4.78 is 0. The van der Waals surface area contributed by atoms with E-state index in [9.17, 15) is 0 Å². The summed E-state index contributed by atoms with van der Waals surface area (Å²) in [4.78, 5) is 12.8. The van der Waals surface area contributed by atoms with E-state index in [0.29, 0.717) is 5.82 Å². The van der Waals surface area contributed by atoms with E-state index in [2.05, 4.69) is 181 Å². The maximum atomic E-state index is 5.29. The molecular formula is C46H29N3. The molecule has 0 aliphatic carbocycles. The molecule has 0 fully saturated rings. The van der Waals surface area contributed by atoms with E-state index in [1.54, 1.807) is 0 Å². The average molecular weight is 624 g/mol. The van der Waals surface area contributed by atoms with Crippen molar-refractivity contribution in [1.29, 1.82) is 0 Å². The third-order valence-corrected chi connectivity index (χ3v) is 9.77. The Morgan fingerprint density at radius 1 is 0.388 bits per heavy atom. The SMILES string of the molecule is c1ccc(-c2ccc3c4c(cccc24)-c2ccc(-c4nc(-c5ccc6ccccc6c5)c5ccccc5n4)cc2N3c2ccccc2)cc1. The predicted octanol–water partition coefficient (Wildman–Crippen LogP) is 12.4. The number of para-hydroxylation sites is 2. The van der Waals surface area contributed by atoms with Gasteiger partial charge in [-0.2, -0.15) is 0 Å². The monoisotopic (exact) mass is 623 g/mol. The van der Waals surface area contributed by atoms with Gasteiger partial charge in [0.25, 0.3) is 0 Å². The zero-order chi connectivity index (χ0) is 32.3. The second-order valence-corrected chi connectivity index (χ2v) is 12.6. The lowest BCUT2D eigenvalue weighted by Crippen LogP contribution is -2.15. The number of rotatable bonds is 4. The predicted molar refractivity (Wildman–Crippen MR) is 205 cm³/mol. The maximum Gasteiger partial charge on any atom is 0.160 e. The van der Waals surface area contributed by atoms with Crippen LogP contribution in [0.4, 0.5) is 17.1 Å². The molecule has 0 bridgehead atoms. The minimum absolute atomic E-state index is 0.709. The standard InChI is InChI=1S/C46H29N3/c1-3-13-31(14-4-1)36-26-27-42-44-38(36)19-11-20-39(44)37-25-24-34(29-43(37)49(42)35-16-5-2-6-17-35)46-47-41-21-10-9-18-40(41)45(48-46)33-23-22-30-12-7-8-15-32(30)28-33/h1-29H. The van der Waals surface area contributed by atoms with Gasteiger partial charge in [-0.1, -0.05) is 140 Å². The highest BCUT2D eigenvalue weighted by Gasteiger charge is 2.28. The summed E-state index contributed by atoms with van der Waals surface area (Å²) >= 11 is 0. The molecule has 3 heteroatoms. The lowest BCUT2D eigenvalue weighted by atomic mass is 9.87. The quantitative estimate of drug-likeness (QED) is 0.195. The van der Waals surface area contributed by atoms with Crippen LogP contribution in [0.15, 0.2) is 176 Å². The van der Waals surface area contributed by atoms with Crippen molar-refractivity contribution < 1.29 is 0 Å². The zero-order valence-electron chi connectivity index (χ0n) is 26.6. The molecule has 8 aromatic carbocycles. The molecule has 0 unspecified atom stereocenters. The Labute approximate surface area is 284 Å². The first kappa shape index (κ1) is 27.5. The van der Waals surface area contributed by atoms with Crippen LogP contribution in [-0.4, -0.2) is 9.97 Å². The number of hydrogen-bond acceptors (Lipinski definition) is 3. The van der Waals surface area contributed by atoms with Gasteiger partial charge in [0.15, 0.2) is 5.82 Å². The van der Waals surface area contributed by atoms with E-state index in [1.807, 2.05) is 0 Å². The Morgan fingerprint density at radius 3 is 1.98 bits per heavy atom. The summed E-state index contributed by atoms with van der Waals surface area (Å²) in [7, 11) is 0. The summed E-state index contributed by atoms with van der Waals surface area (Å²) in [5.74, 6) is 0.709. The van der Waals surface area contributed by atoms with Crippen molar-refractivity contribution in [2.75, 3.05) is 4.90 Å². The van der Waals surface area contributed by atoms with E-state index in [1.165, 1.54) is 43.8 Å². The molecule has 10 rings (SSSR count). The Kier molecular flexibility index (Phi) is 6.18. The molecule has 1 aromatic heterocycles. The molecule has 0 radical (unpaired) electrons. The van der Waals surface area contributed by atoms with Crippen molar-refractivity contribution >= 4 is 49.5 Å². The third-order valence-electron chi connectivity index (χ3n) is 9.77. The van der Waals surface area contributed by atoms with Gasteiger partial charge < -0.3 is 4.90 Å². The van der Waals surface area contributed by atoms with Gasteiger partial charge in [0.2, 0.25) is 0 Å². The van der Waals surface area contributed by atoms with Crippen molar-refractivity contribution in [1.82, 2.24) is 9.97 Å². The number of nitrogens with zero attached hydrogens (tertiary/aromatic N) is 3. The van der Waals surface area contributed by atoms with Gasteiger partial charge in [0, 0.05) is 33.2 Å². The smallest absolute Gasteiger partial charge is 0.160 e. The summed E-state index contributed by atoms with van der Waals surface area (Å²) in [6.45, 7) is 0. The van der Waals surface area contributed by atoms with Gasteiger partial charge in [-0.25, -0.2) is 9.97 Å². The fourth-order valence-electron chi connectivity index (χ4n) is 7.50. The van der Waals surface area contributed by atoms with Gasteiger partial charge in [-0.3, -0.25) is 0 Å². The lowest BCUT2D eigenvalue weighted by molar-refractivity contribution is 1.22. The molecule has 0 saturated heterocycles. The Bertz CT molecular complexity index is 2720. The van der Waals surface area contributed by atoms with Gasteiger partial charge >= 0.3 is 0 Å². The van der Waals surface area contributed by atoms with E-state index in [0.717, 1.165) is 44.8 Å². The second-order valence-electron chi connectivity index (χ2n) is 12.6. The van der Waals surface area contributed by atoms with Crippen LogP contribution in [0.2, 0.25) is 0 Å². The Hall–Kier alpha value is -6.58. The molecule has 0 amide bonds. The first-order valence-electron chi connectivity index (χ1n) is 16.7. The Morgan fingerprint density at radius 2 is 1.10 bits per heavy atom. The largest absolute Gasteiger partial charge is 0.309 e. The highest BCUT2D eigenvalue weighted by molar-refractivity contribution is 6.17. The van der Waals surface area contributed by atoms with Crippen molar-refractivity contribution in [2.45, 2.75) is 0 Å². The minimum atomic E-state index is 0.709. The lowest BCUT2D eigenvalue weighted by Gasteiger charge is -2.34. The van der Waals surface area contributed by atoms with E-state index >= 15 is 0 Å². The summed E-state index contributed by atoms with van der Waals surface area (Å²) in [5.41, 5.74) is 12.2. The second kappa shape index (κ2) is 11.0. The maximum absolute atomic E-state index is 5.29. The fourth-order valence-corrected chi connectivity index (χ4v) is 7.50. The number of benzene rings is 8. The van der Waals surface area contributed by atoms with Crippen LogP contribution in [0, 0.1) is 0 Å². The summed E-state index contributed by atoms with van der Waals surface area (Å²) in [5, 5.41) is 5.95. The highest BCUT2D eigenvalue weighted by atomic mass is 15.2. The zero-order valence-corrected chi connectivity index (χ0v) is 26.6. The normalized spacial score (nSPS) is 12.0. The van der Waals surface area contributed by atoms with Gasteiger partial charge in [-0.15, -0.1) is 0 Å². The molecule has 3 nitrogen and oxygen atoms in total. The van der Waals surface area contributed by atoms with Crippen LogP contribution < -0.4 is 4.90 Å². The van der Waals surface area contributed by atoms with Crippen LogP contribution in [-0.2, 0) is 0 Å². The molecule has 49 heavy (non-hydrogen) atoms. The third kappa shape index (κ3) is 4.44. The van der Waals surface area contributed by atoms with E-state index in [4.69, 9.17) is 9.97 Å². The first-order valence-corrected chi connectivity index (χ1v) is 16.7. The van der Waals surface area contributed by atoms with Crippen LogP contribution in [0.1, 0.15) is 0 Å². The van der Waals surface area contributed by atoms with Crippen LogP contribution in [0.3, 0.4) is 0 Å². The van der Waals surface area contributed by atoms with Crippen molar-refractivity contribution in [3.05, 3.63) is 176 Å². The highest BCUT2D eigenvalue weighted by Crippen LogP contribution is 2.53. The van der Waals surface area contributed by atoms with Crippen LogP contribution in [0.25, 0.3) is 77.3 Å². The first-order chi connectivity index (χ1) is 24.3. The number of anilines is 3. The van der Waals surface area contributed by atoms with Gasteiger partial charge in [-0.05, 0) is 69.2 Å². The molecule has 9 aromatic rings. The molecule has 0 spiro atoms. The van der Waals surface area contributed by atoms with Crippen LogP contribution >= 0.6 is 0 Å². The Balaban J connectivity index is 1.20. The topological polar surface area (TPSA) is 29.0 Å². The molecule has 228 valence electrons. The van der Waals surface area contributed by atoms with Gasteiger partial charge in [0.05, 0.1) is 22.6 Å². The summed E-state index contributed by atoms with van der Waals surface area (Å²) in [6.07, 6.45) is 0. The van der Waals surface area contributed by atoms with Gasteiger partial charge in [0.1, 0.15) is 0 Å². The molecule has 0 saturated carbocycles. The number of hydrogen-bond donors (Lipinski definition) is 0. The molecular weight excluding hydrogens is 595 g/mol. The minimum Gasteiger partial charge on any atom is -0.309 e. The van der Waals surface area contributed by atoms with E-state index < -0.39 is 0 Å². The van der Waals surface area contributed by atoms with Crippen LogP contribution in [0.5, 0.6) is 0 Å². The fraction of sp³-hybridized carbons (Fsp3) is 0.